The van der Waals surface area contributed by atoms with Crippen molar-refractivity contribution in [2.75, 3.05) is 20.3 Å². The molecule has 1 aromatic rings. The molecule has 1 aliphatic rings. The molecule has 0 bridgehead atoms. The van der Waals surface area contributed by atoms with Crippen LogP contribution >= 0.6 is 0 Å². The Morgan fingerprint density at radius 3 is 2.50 bits per heavy atom. The molecule has 0 unspecified atom stereocenters. The lowest BCUT2D eigenvalue weighted by Gasteiger charge is -2.09. The molecule has 86 valence electrons. The van der Waals surface area contributed by atoms with Crippen molar-refractivity contribution in [3.05, 3.63) is 35.4 Å². The Labute approximate surface area is 94.1 Å². The molecular formula is C12H14O4. The zero-order valence-corrected chi connectivity index (χ0v) is 9.14. The van der Waals surface area contributed by atoms with Gasteiger partial charge in [0.2, 0.25) is 0 Å². The molecule has 0 amide bonds. The molecule has 0 aliphatic carbocycles. The van der Waals surface area contributed by atoms with E-state index < -0.39 is 0 Å². The predicted octanol–water partition coefficient (Wildman–Crippen LogP) is 1.45. The molecule has 16 heavy (non-hydrogen) atoms. The van der Waals surface area contributed by atoms with Crippen molar-refractivity contribution < 1.29 is 19.0 Å². The van der Waals surface area contributed by atoms with Crippen molar-refractivity contribution in [1.82, 2.24) is 0 Å². The smallest absolute Gasteiger partial charge is 0.309 e. The van der Waals surface area contributed by atoms with Gasteiger partial charge in [0.1, 0.15) is 0 Å². The van der Waals surface area contributed by atoms with Crippen LogP contribution in [0.5, 0.6) is 0 Å². The van der Waals surface area contributed by atoms with E-state index in [2.05, 4.69) is 4.74 Å². The van der Waals surface area contributed by atoms with Gasteiger partial charge in [-0.05, 0) is 5.56 Å². The summed E-state index contributed by atoms with van der Waals surface area (Å²) >= 11 is 0. The highest BCUT2D eigenvalue weighted by molar-refractivity contribution is 5.72. The quantitative estimate of drug-likeness (QED) is 0.726. The molecule has 0 spiro atoms. The van der Waals surface area contributed by atoms with Gasteiger partial charge >= 0.3 is 5.97 Å². The van der Waals surface area contributed by atoms with Gasteiger partial charge in [-0.15, -0.1) is 0 Å². The molecule has 1 aromatic carbocycles. The van der Waals surface area contributed by atoms with Crippen LogP contribution in [0.1, 0.15) is 17.4 Å². The second kappa shape index (κ2) is 5.09. The molecule has 0 radical (unpaired) electrons. The molecule has 0 saturated carbocycles. The van der Waals surface area contributed by atoms with Crippen LogP contribution in [0.3, 0.4) is 0 Å². The molecule has 0 aromatic heterocycles. The zero-order valence-electron chi connectivity index (χ0n) is 9.14. The monoisotopic (exact) mass is 222 g/mol. The lowest BCUT2D eigenvalue weighted by atomic mass is 10.1. The van der Waals surface area contributed by atoms with Crippen molar-refractivity contribution >= 4 is 5.97 Å². The summed E-state index contributed by atoms with van der Waals surface area (Å²) in [6.07, 6.45) is 0.0376. The third-order valence-corrected chi connectivity index (χ3v) is 2.45. The van der Waals surface area contributed by atoms with E-state index in [0.29, 0.717) is 19.6 Å². The van der Waals surface area contributed by atoms with E-state index >= 15 is 0 Å². The Hall–Kier alpha value is -1.39. The number of benzene rings is 1. The summed E-state index contributed by atoms with van der Waals surface area (Å²) < 4.78 is 15.3. The van der Waals surface area contributed by atoms with Gasteiger partial charge in [0.25, 0.3) is 0 Å². The summed E-state index contributed by atoms with van der Waals surface area (Å²) in [5, 5.41) is 0. The van der Waals surface area contributed by atoms with Crippen LogP contribution in [0.4, 0.5) is 0 Å². The Balaban J connectivity index is 2.01. The fourth-order valence-electron chi connectivity index (χ4n) is 1.58. The Morgan fingerprint density at radius 2 is 1.94 bits per heavy atom. The minimum atomic E-state index is -0.257. The summed E-state index contributed by atoms with van der Waals surface area (Å²) in [6, 6.07) is 7.59. The first-order valence-corrected chi connectivity index (χ1v) is 5.18. The topological polar surface area (TPSA) is 44.8 Å². The van der Waals surface area contributed by atoms with Crippen LogP contribution in [0, 0.1) is 0 Å². The average Bonchev–Trinajstić information content (AvgIpc) is 2.83. The van der Waals surface area contributed by atoms with Crippen LogP contribution in [0.2, 0.25) is 0 Å². The number of hydrogen-bond donors (Lipinski definition) is 0. The molecule has 1 aliphatic heterocycles. The summed E-state index contributed by atoms with van der Waals surface area (Å²) in [4.78, 5) is 11.1. The van der Waals surface area contributed by atoms with E-state index in [1.165, 1.54) is 7.11 Å². The standard InChI is InChI=1S/C12H14O4/c1-14-11(13)8-9-2-4-10(5-3-9)12-15-6-7-16-12/h2-5,12H,6-8H2,1H3. The van der Waals surface area contributed by atoms with Crippen LogP contribution in [-0.2, 0) is 25.4 Å². The van der Waals surface area contributed by atoms with Gasteiger partial charge in [0.15, 0.2) is 6.29 Å². The van der Waals surface area contributed by atoms with Gasteiger partial charge in [-0.1, -0.05) is 24.3 Å². The first-order chi connectivity index (χ1) is 7.79. The maximum atomic E-state index is 11.1. The number of ether oxygens (including phenoxy) is 3. The maximum absolute atomic E-state index is 11.1. The largest absolute Gasteiger partial charge is 0.469 e. The van der Waals surface area contributed by atoms with Crippen molar-refractivity contribution in [2.24, 2.45) is 0 Å². The van der Waals surface area contributed by atoms with E-state index in [1.807, 2.05) is 24.3 Å². The molecule has 1 saturated heterocycles. The number of esters is 1. The SMILES string of the molecule is COC(=O)Cc1ccc(C2OCCO2)cc1. The third kappa shape index (κ3) is 2.59. The highest BCUT2D eigenvalue weighted by atomic mass is 16.7. The van der Waals surface area contributed by atoms with Gasteiger partial charge in [-0.25, -0.2) is 0 Å². The number of rotatable bonds is 3. The second-order valence-electron chi connectivity index (χ2n) is 3.57. The van der Waals surface area contributed by atoms with Crippen molar-refractivity contribution in [2.45, 2.75) is 12.7 Å². The first kappa shape index (κ1) is 11.1. The van der Waals surface area contributed by atoms with Gasteiger partial charge < -0.3 is 14.2 Å². The summed E-state index contributed by atoms with van der Waals surface area (Å²) in [6.45, 7) is 1.27. The van der Waals surface area contributed by atoms with E-state index in [1.54, 1.807) is 0 Å². The average molecular weight is 222 g/mol. The number of hydrogen-bond acceptors (Lipinski definition) is 4. The summed E-state index contributed by atoms with van der Waals surface area (Å²) in [5.41, 5.74) is 1.90. The van der Waals surface area contributed by atoms with Gasteiger partial charge in [-0.3, -0.25) is 4.79 Å². The lowest BCUT2D eigenvalue weighted by molar-refractivity contribution is -0.139. The van der Waals surface area contributed by atoms with Crippen LogP contribution in [-0.4, -0.2) is 26.3 Å². The van der Waals surface area contributed by atoms with Crippen LogP contribution in [0.15, 0.2) is 24.3 Å². The molecule has 0 atom stereocenters. The number of methoxy groups -OCH3 is 1. The zero-order chi connectivity index (χ0) is 11.4. The molecule has 4 nitrogen and oxygen atoms in total. The van der Waals surface area contributed by atoms with Gasteiger partial charge in [0.05, 0.1) is 26.7 Å². The predicted molar refractivity (Wildman–Crippen MR) is 56.8 cm³/mol. The lowest BCUT2D eigenvalue weighted by Crippen LogP contribution is -2.05. The molecular weight excluding hydrogens is 208 g/mol. The normalized spacial score (nSPS) is 16.3. The Kier molecular flexibility index (Phi) is 3.54. The minimum Gasteiger partial charge on any atom is -0.469 e. The van der Waals surface area contributed by atoms with Crippen LogP contribution in [0.25, 0.3) is 0 Å². The van der Waals surface area contributed by atoms with E-state index in [0.717, 1.165) is 11.1 Å². The van der Waals surface area contributed by atoms with E-state index in [4.69, 9.17) is 9.47 Å². The Morgan fingerprint density at radius 1 is 1.31 bits per heavy atom. The van der Waals surface area contributed by atoms with Crippen molar-refractivity contribution in [3.63, 3.8) is 0 Å². The summed E-state index contributed by atoms with van der Waals surface area (Å²) in [7, 11) is 1.39. The van der Waals surface area contributed by atoms with Crippen molar-refractivity contribution in [3.8, 4) is 0 Å². The van der Waals surface area contributed by atoms with Gasteiger partial charge in [-0.2, -0.15) is 0 Å². The maximum Gasteiger partial charge on any atom is 0.309 e. The highest BCUT2D eigenvalue weighted by Gasteiger charge is 2.17. The van der Waals surface area contributed by atoms with Crippen LogP contribution < -0.4 is 0 Å². The fraction of sp³-hybridized carbons (Fsp3) is 0.417. The minimum absolute atomic E-state index is 0.235. The first-order valence-electron chi connectivity index (χ1n) is 5.18. The Bertz CT molecular complexity index is 352. The third-order valence-electron chi connectivity index (χ3n) is 2.45. The second-order valence-corrected chi connectivity index (χ2v) is 3.57. The number of carbonyl (C=O) groups excluding carboxylic acids is 1. The highest BCUT2D eigenvalue weighted by Crippen LogP contribution is 2.23. The molecule has 1 fully saturated rings. The van der Waals surface area contributed by atoms with Crippen molar-refractivity contribution in [1.29, 1.82) is 0 Å². The van der Waals surface area contributed by atoms with E-state index in [9.17, 15) is 4.79 Å². The summed E-state index contributed by atoms with van der Waals surface area (Å²) in [5.74, 6) is -0.235. The number of carbonyl (C=O) groups is 1. The molecule has 1 heterocycles. The molecule has 2 rings (SSSR count). The van der Waals surface area contributed by atoms with E-state index in [-0.39, 0.29) is 12.3 Å². The molecule has 4 heteroatoms. The molecule has 0 N–H and O–H groups in total. The fourth-order valence-corrected chi connectivity index (χ4v) is 1.58. The van der Waals surface area contributed by atoms with Gasteiger partial charge in [0, 0.05) is 5.56 Å².